The average Bonchev–Trinajstić information content (AvgIpc) is 3.06. The van der Waals surface area contributed by atoms with Gasteiger partial charge in [0.2, 0.25) is 5.91 Å². The molecule has 2 aromatic rings. The quantitative estimate of drug-likeness (QED) is 0.811. The van der Waals surface area contributed by atoms with Gasteiger partial charge in [0.05, 0.1) is 13.0 Å². The normalized spacial score (nSPS) is 19.8. The summed E-state index contributed by atoms with van der Waals surface area (Å²) in [5, 5.41) is 0. The highest BCUT2D eigenvalue weighted by molar-refractivity contribution is 5.79. The fourth-order valence-electron chi connectivity index (χ4n) is 3.11. The number of aryl methyl sites for hydroxylation is 1. The van der Waals surface area contributed by atoms with Crippen molar-refractivity contribution in [1.29, 1.82) is 0 Å². The molecule has 0 N–H and O–H groups in total. The molecule has 2 heterocycles. The van der Waals surface area contributed by atoms with E-state index in [1.54, 1.807) is 19.5 Å². The molecule has 1 fully saturated rings. The lowest BCUT2D eigenvalue weighted by Gasteiger charge is -2.28. The number of aromatic nitrogens is 1. The van der Waals surface area contributed by atoms with Crippen molar-refractivity contribution in [3.63, 3.8) is 0 Å². The van der Waals surface area contributed by atoms with Crippen molar-refractivity contribution in [3.05, 3.63) is 59.9 Å². The Morgan fingerprint density at radius 2 is 2.08 bits per heavy atom. The third-order valence-electron chi connectivity index (χ3n) is 4.70. The second-order valence-electron chi connectivity index (χ2n) is 6.59. The van der Waals surface area contributed by atoms with Gasteiger partial charge >= 0.3 is 0 Å². The molecule has 1 atom stereocenters. The summed E-state index contributed by atoms with van der Waals surface area (Å²) in [5.41, 5.74) is 1.69. The third-order valence-corrected chi connectivity index (χ3v) is 4.70. The first-order chi connectivity index (χ1) is 12.1. The molecule has 0 unspecified atom stereocenters. The minimum absolute atomic E-state index is 0.112. The molecule has 1 saturated heterocycles. The Morgan fingerprint density at radius 3 is 2.80 bits per heavy atom. The molecule has 1 aliphatic heterocycles. The average molecular weight is 340 g/mol. The fourth-order valence-corrected chi connectivity index (χ4v) is 3.11. The van der Waals surface area contributed by atoms with Gasteiger partial charge in [0, 0.05) is 26.0 Å². The summed E-state index contributed by atoms with van der Waals surface area (Å²) in [6.07, 6.45) is 4.59. The van der Waals surface area contributed by atoms with Gasteiger partial charge in [-0.2, -0.15) is 0 Å². The number of likely N-dealkylation sites (tertiary alicyclic amines) is 1. The van der Waals surface area contributed by atoms with Crippen LogP contribution in [0.4, 0.5) is 0 Å². The van der Waals surface area contributed by atoms with Crippen molar-refractivity contribution < 1.29 is 14.3 Å². The van der Waals surface area contributed by atoms with Gasteiger partial charge in [-0.05, 0) is 48.7 Å². The van der Waals surface area contributed by atoms with Crippen molar-refractivity contribution >= 4 is 5.91 Å². The largest absolute Gasteiger partial charge is 0.491 e. The van der Waals surface area contributed by atoms with Crippen LogP contribution in [0.1, 0.15) is 17.5 Å². The zero-order valence-corrected chi connectivity index (χ0v) is 14.8. The number of rotatable bonds is 6. The Balaban J connectivity index is 1.59. The van der Waals surface area contributed by atoms with E-state index in [1.807, 2.05) is 48.2 Å². The van der Waals surface area contributed by atoms with E-state index in [0.29, 0.717) is 26.1 Å². The molecule has 1 aromatic carbocycles. The van der Waals surface area contributed by atoms with E-state index in [9.17, 15) is 4.79 Å². The Kier molecular flexibility index (Phi) is 5.34. The molecule has 0 spiro atoms. The summed E-state index contributed by atoms with van der Waals surface area (Å²) in [6.45, 7) is 3.72. The van der Waals surface area contributed by atoms with E-state index < -0.39 is 5.60 Å². The predicted octanol–water partition coefficient (Wildman–Crippen LogP) is 2.63. The summed E-state index contributed by atoms with van der Waals surface area (Å²) < 4.78 is 11.7. The molecule has 0 bridgehead atoms. The number of amides is 1. The summed E-state index contributed by atoms with van der Waals surface area (Å²) in [5.74, 6) is 0.943. The SMILES string of the molecule is CO[C@]1(COc2cccc(C)c2)CCN(C(=O)Cc2ccncc2)C1. The van der Waals surface area contributed by atoms with Crippen LogP contribution in [-0.4, -0.2) is 48.2 Å². The second-order valence-corrected chi connectivity index (χ2v) is 6.59. The number of ether oxygens (including phenoxy) is 2. The molecular weight excluding hydrogens is 316 g/mol. The Morgan fingerprint density at radius 1 is 1.28 bits per heavy atom. The van der Waals surface area contributed by atoms with E-state index in [1.165, 1.54) is 0 Å². The lowest BCUT2D eigenvalue weighted by molar-refractivity contribution is -0.131. The van der Waals surface area contributed by atoms with Gasteiger partial charge in [0.15, 0.2) is 0 Å². The van der Waals surface area contributed by atoms with Gasteiger partial charge in [-0.1, -0.05) is 12.1 Å². The van der Waals surface area contributed by atoms with E-state index in [0.717, 1.165) is 23.3 Å². The Bertz CT molecular complexity index is 720. The standard InChI is InChI=1S/C20H24N2O3/c1-16-4-3-5-18(12-16)25-15-20(24-2)8-11-22(14-20)19(23)13-17-6-9-21-10-7-17/h3-7,9-10,12H,8,11,13-15H2,1-2H3/t20-/m1/s1. The van der Waals surface area contributed by atoms with E-state index in [2.05, 4.69) is 4.98 Å². The van der Waals surface area contributed by atoms with Gasteiger partial charge in [0.25, 0.3) is 0 Å². The van der Waals surface area contributed by atoms with Crippen molar-refractivity contribution in [1.82, 2.24) is 9.88 Å². The molecule has 0 saturated carbocycles. The highest BCUT2D eigenvalue weighted by Gasteiger charge is 2.41. The molecule has 3 rings (SSSR count). The van der Waals surface area contributed by atoms with Crippen molar-refractivity contribution in [3.8, 4) is 5.75 Å². The molecule has 0 radical (unpaired) electrons. The molecule has 132 valence electrons. The molecule has 1 aromatic heterocycles. The number of hydrogen-bond acceptors (Lipinski definition) is 4. The van der Waals surface area contributed by atoms with Crippen LogP contribution in [0, 0.1) is 6.92 Å². The van der Waals surface area contributed by atoms with E-state index in [4.69, 9.17) is 9.47 Å². The number of methoxy groups -OCH3 is 1. The maximum absolute atomic E-state index is 12.5. The first-order valence-electron chi connectivity index (χ1n) is 8.51. The lowest BCUT2D eigenvalue weighted by atomic mass is 10.0. The summed E-state index contributed by atoms with van der Waals surface area (Å²) in [6, 6.07) is 11.7. The first-order valence-corrected chi connectivity index (χ1v) is 8.51. The minimum Gasteiger partial charge on any atom is -0.491 e. The van der Waals surface area contributed by atoms with E-state index in [-0.39, 0.29) is 5.91 Å². The van der Waals surface area contributed by atoms with Gasteiger partial charge < -0.3 is 14.4 Å². The number of carbonyl (C=O) groups excluding carboxylic acids is 1. The topological polar surface area (TPSA) is 51.7 Å². The van der Waals surface area contributed by atoms with Gasteiger partial charge in [0.1, 0.15) is 18.0 Å². The van der Waals surface area contributed by atoms with Crippen LogP contribution in [0.15, 0.2) is 48.8 Å². The number of nitrogens with zero attached hydrogens (tertiary/aromatic N) is 2. The fraction of sp³-hybridized carbons (Fsp3) is 0.400. The smallest absolute Gasteiger partial charge is 0.227 e. The Labute approximate surface area is 148 Å². The summed E-state index contributed by atoms with van der Waals surface area (Å²) in [7, 11) is 1.69. The zero-order valence-electron chi connectivity index (χ0n) is 14.8. The van der Waals surface area contributed by atoms with Crippen LogP contribution < -0.4 is 4.74 Å². The number of carbonyl (C=O) groups is 1. The molecule has 1 amide bonds. The minimum atomic E-state index is -0.447. The highest BCUT2D eigenvalue weighted by atomic mass is 16.5. The molecule has 1 aliphatic rings. The van der Waals surface area contributed by atoms with Crippen molar-refractivity contribution in [2.24, 2.45) is 0 Å². The summed E-state index contributed by atoms with van der Waals surface area (Å²) in [4.78, 5) is 18.4. The lowest BCUT2D eigenvalue weighted by Crippen LogP contribution is -2.42. The molecule has 5 heteroatoms. The van der Waals surface area contributed by atoms with Gasteiger partial charge in [-0.3, -0.25) is 9.78 Å². The number of benzene rings is 1. The van der Waals surface area contributed by atoms with Crippen LogP contribution in [0.5, 0.6) is 5.75 Å². The van der Waals surface area contributed by atoms with Crippen LogP contribution in [0.2, 0.25) is 0 Å². The monoisotopic (exact) mass is 340 g/mol. The van der Waals surface area contributed by atoms with Crippen LogP contribution >= 0.6 is 0 Å². The van der Waals surface area contributed by atoms with Gasteiger partial charge in [-0.15, -0.1) is 0 Å². The summed E-state index contributed by atoms with van der Waals surface area (Å²) >= 11 is 0. The van der Waals surface area contributed by atoms with Crippen molar-refractivity contribution in [2.75, 3.05) is 26.8 Å². The molecule has 0 aliphatic carbocycles. The second kappa shape index (κ2) is 7.66. The first kappa shape index (κ1) is 17.4. The zero-order chi connectivity index (χ0) is 17.7. The molecule has 25 heavy (non-hydrogen) atoms. The predicted molar refractivity (Wildman–Crippen MR) is 95.6 cm³/mol. The number of pyridine rings is 1. The highest BCUT2D eigenvalue weighted by Crippen LogP contribution is 2.27. The van der Waals surface area contributed by atoms with Crippen LogP contribution in [0.25, 0.3) is 0 Å². The van der Waals surface area contributed by atoms with Crippen LogP contribution in [-0.2, 0) is 16.0 Å². The van der Waals surface area contributed by atoms with Gasteiger partial charge in [-0.25, -0.2) is 0 Å². The Hall–Kier alpha value is -2.40. The van der Waals surface area contributed by atoms with E-state index >= 15 is 0 Å². The third kappa shape index (κ3) is 4.37. The number of hydrogen-bond donors (Lipinski definition) is 0. The van der Waals surface area contributed by atoms with Crippen LogP contribution in [0.3, 0.4) is 0 Å². The molecule has 5 nitrogen and oxygen atoms in total. The molecular formula is C20H24N2O3. The maximum atomic E-state index is 12.5. The van der Waals surface area contributed by atoms with Crippen molar-refractivity contribution in [2.45, 2.75) is 25.4 Å². The maximum Gasteiger partial charge on any atom is 0.227 e.